The number of aromatic nitrogens is 2. The molecular weight excluding hydrogens is 365 g/mol. The number of aryl methyl sites for hydroxylation is 1. The standard InChI is InChI=1S/C20H20FN3O4/c1-4-17(27-14-7-5-13(21)6-8-14)20(25)22-19-18(23-28-24-19)16-10-9-15(26-3)11-12(16)2/h5-11,17H,4H2,1-3H3,(H,22,24,25). The van der Waals surface area contributed by atoms with Gasteiger partial charge in [0.25, 0.3) is 5.91 Å². The fourth-order valence-electron chi connectivity index (χ4n) is 2.67. The Hall–Kier alpha value is -3.42. The van der Waals surface area contributed by atoms with Crippen molar-refractivity contribution in [2.45, 2.75) is 26.4 Å². The van der Waals surface area contributed by atoms with E-state index in [1.54, 1.807) is 13.2 Å². The summed E-state index contributed by atoms with van der Waals surface area (Å²) in [5.74, 6) is 0.516. The van der Waals surface area contributed by atoms with Crippen molar-refractivity contribution in [2.24, 2.45) is 0 Å². The second-order valence-corrected chi connectivity index (χ2v) is 6.10. The number of rotatable bonds is 7. The molecule has 0 spiro atoms. The molecule has 1 atom stereocenters. The van der Waals surface area contributed by atoms with Crippen molar-refractivity contribution in [1.82, 2.24) is 10.3 Å². The maximum absolute atomic E-state index is 13.0. The van der Waals surface area contributed by atoms with Crippen LogP contribution in [-0.4, -0.2) is 29.4 Å². The van der Waals surface area contributed by atoms with Crippen LogP contribution in [0.2, 0.25) is 0 Å². The van der Waals surface area contributed by atoms with Crippen molar-refractivity contribution in [1.29, 1.82) is 0 Å². The maximum Gasteiger partial charge on any atom is 0.266 e. The van der Waals surface area contributed by atoms with Gasteiger partial charge in [-0.3, -0.25) is 4.79 Å². The minimum Gasteiger partial charge on any atom is -0.497 e. The van der Waals surface area contributed by atoms with Crippen LogP contribution in [0.4, 0.5) is 10.2 Å². The lowest BCUT2D eigenvalue weighted by molar-refractivity contribution is -0.122. The lowest BCUT2D eigenvalue weighted by Gasteiger charge is -2.16. The predicted octanol–water partition coefficient (Wildman–Crippen LogP) is 3.99. The summed E-state index contributed by atoms with van der Waals surface area (Å²) in [6, 6.07) is 10.9. The van der Waals surface area contributed by atoms with E-state index in [1.165, 1.54) is 24.3 Å². The summed E-state index contributed by atoms with van der Waals surface area (Å²) < 4.78 is 28.7. The molecule has 0 aliphatic carbocycles. The fraction of sp³-hybridized carbons (Fsp3) is 0.250. The van der Waals surface area contributed by atoms with Gasteiger partial charge < -0.3 is 14.8 Å². The van der Waals surface area contributed by atoms with Crippen LogP contribution in [-0.2, 0) is 4.79 Å². The van der Waals surface area contributed by atoms with E-state index < -0.39 is 12.0 Å². The number of hydrogen-bond acceptors (Lipinski definition) is 6. The first-order valence-electron chi connectivity index (χ1n) is 8.72. The first-order valence-corrected chi connectivity index (χ1v) is 8.72. The number of nitrogens with zero attached hydrogens (tertiary/aromatic N) is 2. The molecule has 3 aromatic rings. The Morgan fingerprint density at radius 2 is 1.89 bits per heavy atom. The third-order valence-electron chi connectivity index (χ3n) is 4.17. The quantitative estimate of drug-likeness (QED) is 0.662. The van der Waals surface area contributed by atoms with Crippen molar-refractivity contribution in [3.63, 3.8) is 0 Å². The topological polar surface area (TPSA) is 86.5 Å². The van der Waals surface area contributed by atoms with E-state index in [4.69, 9.17) is 14.1 Å². The molecule has 0 radical (unpaired) electrons. The number of carbonyl (C=O) groups excluding carboxylic acids is 1. The van der Waals surface area contributed by atoms with E-state index in [2.05, 4.69) is 15.6 Å². The van der Waals surface area contributed by atoms with Gasteiger partial charge in [-0.1, -0.05) is 6.92 Å². The summed E-state index contributed by atoms with van der Waals surface area (Å²) in [5, 5.41) is 10.4. The molecule has 1 unspecified atom stereocenters. The van der Waals surface area contributed by atoms with Gasteiger partial charge in [0.1, 0.15) is 17.3 Å². The highest BCUT2D eigenvalue weighted by Crippen LogP contribution is 2.30. The van der Waals surface area contributed by atoms with Gasteiger partial charge in [0.15, 0.2) is 11.8 Å². The van der Waals surface area contributed by atoms with E-state index in [0.29, 0.717) is 23.6 Å². The molecule has 0 saturated carbocycles. The van der Waals surface area contributed by atoms with Crippen LogP contribution in [0.25, 0.3) is 11.3 Å². The largest absolute Gasteiger partial charge is 0.497 e. The highest BCUT2D eigenvalue weighted by molar-refractivity contribution is 5.96. The van der Waals surface area contributed by atoms with Gasteiger partial charge in [0.05, 0.1) is 7.11 Å². The molecule has 8 heteroatoms. The Kier molecular flexibility index (Phi) is 5.88. The molecule has 0 fully saturated rings. The Bertz CT molecular complexity index is 956. The monoisotopic (exact) mass is 385 g/mol. The highest BCUT2D eigenvalue weighted by Gasteiger charge is 2.23. The Labute approximate surface area is 161 Å². The number of benzene rings is 2. The van der Waals surface area contributed by atoms with E-state index >= 15 is 0 Å². The van der Waals surface area contributed by atoms with Crippen molar-refractivity contribution < 1.29 is 23.3 Å². The predicted molar refractivity (Wildman–Crippen MR) is 101 cm³/mol. The number of methoxy groups -OCH3 is 1. The Morgan fingerprint density at radius 1 is 1.18 bits per heavy atom. The van der Waals surface area contributed by atoms with Gasteiger partial charge in [-0.25, -0.2) is 9.02 Å². The average Bonchev–Trinajstić information content (AvgIpc) is 3.15. The number of anilines is 1. The van der Waals surface area contributed by atoms with Crippen LogP contribution in [0.3, 0.4) is 0 Å². The van der Waals surface area contributed by atoms with Gasteiger partial charge in [-0.05, 0) is 71.7 Å². The summed E-state index contributed by atoms with van der Waals surface area (Å²) in [6.45, 7) is 3.70. The molecule has 1 heterocycles. The van der Waals surface area contributed by atoms with E-state index in [1.807, 2.05) is 26.0 Å². The number of amides is 1. The normalized spacial score (nSPS) is 11.7. The van der Waals surface area contributed by atoms with Gasteiger partial charge in [0.2, 0.25) is 5.82 Å². The molecule has 1 N–H and O–H groups in total. The summed E-state index contributed by atoms with van der Waals surface area (Å²) in [4.78, 5) is 12.6. The fourth-order valence-corrected chi connectivity index (χ4v) is 2.67. The zero-order chi connectivity index (χ0) is 20.1. The number of halogens is 1. The minimum atomic E-state index is -0.785. The Balaban J connectivity index is 1.77. The van der Waals surface area contributed by atoms with Crippen molar-refractivity contribution in [3.05, 3.63) is 53.8 Å². The zero-order valence-electron chi connectivity index (χ0n) is 15.7. The first kappa shape index (κ1) is 19.3. The number of carbonyl (C=O) groups is 1. The summed E-state index contributed by atoms with van der Waals surface area (Å²) >= 11 is 0. The van der Waals surface area contributed by atoms with Crippen LogP contribution < -0.4 is 14.8 Å². The lowest BCUT2D eigenvalue weighted by Crippen LogP contribution is -2.32. The molecular formula is C20H20FN3O4. The average molecular weight is 385 g/mol. The van der Waals surface area contributed by atoms with Crippen LogP contribution in [0.5, 0.6) is 11.5 Å². The van der Waals surface area contributed by atoms with Gasteiger partial charge >= 0.3 is 0 Å². The van der Waals surface area contributed by atoms with Crippen LogP contribution in [0, 0.1) is 12.7 Å². The zero-order valence-corrected chi connectivity index (χ0v) is 15.7. The van der Waals surface area contributed by atoms with Gasteiger partial charge in [-0.2, -0.15) is 0 Å². The van der Waals surface area contributed by atoms with Crippen LogP contribution in [0.15, 0.2) is 47.1 Å². The number of nitrogens with one attached hydrogen (secondary N) is 1. The van der Waals surface area contributed by atoms with E-state index in [-0.39, 0.29) is 11.6 Å². The smallest absolute Gasteiger partial charge is 0.266 e. The Morgan fingerprint density at radius 3 is 2.54 bits per heavy atom. The summed E-state index contributed by atoms with van der Waals surface area (Å²) in [7, 11) is 1.59. The SMILES string of the molecule is CCC(Oc1ccc(F)cc1)C(=O)Nc1nonc1-c1ccc(OC)cc1C. The molecule has 146 valence electrons. The maximum atomic E-state index is 13.0. The highest BCUT2D eigenvalue weighted by atomic mass is 19.1. The van der Waals surface area contributed by atoms with Crippen LogP contribution in [0.1, 0.15) is 18.9 Å². The lowest BCUT2D eigenvalue weighted by atomic mass is 10.1. The molecule has 0 saturated heterocycles. The van der Waals surface area contributed by atoms with Gasteiger partial charge in [-0.15, -0.1) is 0 Å². The molecule has 3 rings (SSSR count). The van der Waals surface area contributed by atoms with Crippen molar-refractivity contribution >= 4 is 11.7 Å². The summed E-state index contributed by atoms with van der Waals surface area (Å²) in [6.07, 6.45) is -0.377. The number of ether oxygens (including phenoxy) is 2. The first-order chi connectivity index (χ1) is 13.5. The molecule has 1 amide bonds. The molecule has 0 aliphatic heterocycles. The minimum absolute atomic E-state index is 0.194. The molecule has 28 heavy (non-hydrogen) atoms. The molecule has 0 aliphatic rings. The van der Waals surface area contributed by atoms with E-state index in [0.717, 1.165) is 11.1 Å². The van der Waals surface area contributed by atoms with Crippen LogP contribution >= 0.6 is 0 Å². The van der Waals surface area contributed by atoms with Crippen molar-refractivity contribution in [3.8, 4) is 22.8 Å². The summed E-state index contributed by atoms with van der Waals surface area (Å²) in [5.41, 5.74) is 2.05. The second-order valence-electron chi connectivity index (χ2n) is 6.10. The number of hydrogen-bond donors (Lipinski definition) is 1. The molecule has 0 bridgehead atoms. The van der Waals surface area contributed by atoms with Gasteiger partial charge in [0, 0.05) is 5.56 Å². The molecule has 2 aromatic carbocycles. The van der Waals surface area contributed by atoms with Crippen molar-refractivity contribution in [2.75, 3.05) is 12.4 Å². The molecule has 1 aromatic heterocycles. The third kappa shape index (κ3) is 4.28. The third-order valence-corrected chi connectivity index (χ3v) is 4.17. The second kappa shape index (κ2) is 8.51. The van der Waals surface area contributed by atoms with E-state index in [9.17, 15) is 9.18 Å². The molecule has 7 nitrogen and oxygen atoms in total.